The van der Waals surface area contributed by atoms with Crippen molar-refractivity contribution >= 4 is 43.5 Å². The quantitative estimate of drug-likeness (QED) is 0.590. The summed E-state index contributed by atoms with van der Waals surface area (Å²) in [5, 5.41) is 0. The maximum absolute atomic E-state index is 13.5. The van der Waals surface area contributed by atoms with Gasteiger partial charge >= 0.3 is 5.97 Å². The van der Waals surface area contributed by atoms with E-state index in [0.717, 1.165) is 6.07 Å². The number of benzene rings is 2. The lowest BCUT2D eigenvalue weighted by Crippen LogP contribution is -2.08. The van der Waals surface area contributed by atoms with E-state index in [1.807, 2.05) is 0 Å². The van der Waals surface area contributed by atoms with Crippen LogP contribution < -0.4 is 5.73 Å². The van der Waals surface area contributed by atoms with Gasteiger partial charge in [-0.3, -0.25) is 0 Å². The van der Waals surface area contributed by atoms with Crippen LogP contribution in [0.1, 0.15) is 15.9 Å². The molecule has 0 bridgehead atoms. The summed E-state index contributed by atoms with van der Waals surface area (Å²) >= 11 is 6.26. The molecule has 0 saturated carbocycles. The molecular formula is C14H9Br2F2NO2. The van der Waals surface area contributed by atoms with Crippen molar-refractivity contribution in [3.05, 3.63) is 62.0 Å². The monoisotopic (exact) mass is 419 g/mol. The van der Waals surface area contributed by atoms with Gasteiger partial charge in [0, 0.05) is 14.5 Å². The number of nitrogens with two attached hydrogens (primary N) is 1. The Morgan fingerprint density at radius 1 is 1.14 bits per heavy atom. The van der Waals surface area contributed by atoms with Crippen molar-refractivity contribution in [3.63, 3.8) is 0 Å². The van der Waals surface area contributed by atoms with Gasteiger partial charge in [-0.05, 0) is 46.3 Å². The Kier molecular flexibility index (Phi) is 4.95. The summed E-state index contributed by atoms with van der Waals surface area (Å²) in [7, 11) is 0. The van der Waals surface area contributed by atoms with Crippen LogP contribution in [0.4, 0.5) is 14.5 Å². The number of esters is 1. The zero-order chi connectivity index (χ0) is 15.6. The first-order valence-electron chi connectivity index (χ1n) is 5.74. The minimum absolute atomic E-state index is 0.0734. The summed E-state index contributed by atoms with van der Waals surface area (Å²) in [5.41, 5.74) is 5.54. The summed E-state index contributed by atoms with van der Waals surface area (Å²) < 4.78 is 32.6. The van der Waals surface area contributed by atoms with E-state index in [2.05, 4.69) is 31.9 Å². The molecule has 0 saturated heterocycles. The highest BCUT2D eigenvalue weighted by Crippen LogP contribution is 2.24. The summed E-state index contributed by atoms with van der Waals surface area (Å²) in [6.07, 6.45) is 0. The van der Waals surface area contributed by atoms with Crippen molar-refractivity contribution in [1.82, 2.24) is 0 Å². The zero-order valence-electron chi connectivity index (χ0n) is 10.5. The van der Waals surface area contributed by atoms with Crippen LogP contribution in [0.2, 0.25) is 0 Å². The van der Waals surface area contributed by atoms with E-state index in [0.29, 0.717) is 4.47 Å². The number of halogens is 4. The first kappa shape index (κ1) is 15.9. The number of nitrogen functional groups attached to an aromatic ring is 1. The van der Waals surface area contributed by atoms with Crippen LogP contribution >= 0.6 is 31.9 Å². The minimum atomic E-state index is -0.729. The second-order valence-electron chi connectivity index (χ2n) is 4.17. The summed E-state index contributed by atoms with van der Waals surface area (Å²) in [4.78, 5) is 11.9. The molecule has 2 aromatic carbocycles. The molecule has 0 atom stereocenters. The van der Waals surface area contributed by atoms with Gasteiger partial charge in [-0.1, -0.05) is 15.9 Å². The molecule has 0 radical (unpaired) electrons. The number of hydrogen-bond acceptors (Lipinski definition) is 3. The average molecular weight is 421 g/mol. The van der Waals surface area contributed by atoms with E-state index >= 15 is 0 Å². The third-order valence-corrected chi connectivity index (χ3v) is 3.82. The molecule has 2 N–H and O–H groups in total. The van der Waals surface area contributed by atoms with Crippen LogP contribution in [0.25, 0.3) is 0 Å². The molecule has 0 unspecified atom stereocenters. The van der Waals surface area contributed by atoms with Crippen molar-refractivity contribution < 1.29 is 18.3 Å². The molecule has 21 heavy (non-hydrogen) atoms. The fourth-order valence-corrected chi connectivity index (χ4v) is 2.48. The van der Waals surface area contributed by atoms with Gasteiger partial charge < -0.3 is 10.5 Å². The number of carbonyl (C=O) groups is 1. The molecule has 2 rings (SSSR count). The number of rotatable bonds is 3. The Bertz CT molecular complexity index is 708. The van der Waals surface area contributed by atoms with Crippen LogP contribution in [0, 0.1) is 11.6 Å². The molecule has 110 valence electrons. The first-order chi connectivity index (χ1) is 9.88. The van der Waals surface area contributed by atoms with Gasteiger partial charge in [-0.15, -0.1) is 0 Å². The number of anilines is 1. The highest BCUT2D eigenvalue weighted by molar-refractivity contribution is 9.10. The molecule has 3 nitrogen and oxygen atoms in total. The molecule has 0 aliphatic rings. The SMILES string of the molecule is Nc1cc(C(=O)OCc2cc(Br)ccc2F)c(Br)cc1F. The third kappa shape index (κ3) is 3.79. The molecule has 0 amide bonds. The highest BCUT2D eigenvalue weighted by Gasteiger charge is 2.15. The molecule has 0 aliphatic heterocycles. The second kappa shape index (κ2) is 6.53. The van der Waals surface area contributed by atoms with Crippen LogP contribution in [-0.4, -0.2) is 5.97 Å². The normalized spacial score (nSPS) is 10.5. The molecule has 0 fully saturated rings. The second-order valence-corrected chi connectivity index (χ2v) is 5.94. The lowest BCUT2D eigenvalue weighted by atomic mass is 10.2. The standard InChI is InChI=1S/C14H9Br2F2NO2/c15-8-1-2-11(17)7(3-8)6-21-14(20)9-4-13(19)12(18)5-10(9)16/h1-5H,6,19H2. The Morgan fingerprint density at radius 3 is 2.57 bits per heavy atom. The van der Waals surface area contributed by atoms with E-state index in [4.69, 9.17) is 10.5 Å². The third-order valence-electron chi connectivity index (χ3n) is 2.67. The fraction of sp³-hybridized carbons (Fsp3) is 0.0714. The Labute approximate surface area is 136 Å². The Hall–Kier alpha value is -1.47. The van der Waals surface area contributed by atoms with E-state index in [-0.39, 0.29) is 27.9 Å². The highest BCUT2D eigenvalue weighted by atomic mass is 79.9. The first-order valence-corrected chi connectivity index (χ1v) is 7.32. The summed E-state index contributed by atoms with van der Waals surface area (Å²) in [6, 6.07) is 6.55. The van der Waals surface area contributed by atoms with Crippen molar-refractivity contribution in [1.29, 1.82) is 0 Å². The van der Waals surface area contributed by atoms with Crippen molar-refractivity contribution in [3.8, 4) is 0 Å². The summed E-state index contributed by atoms with van der Waals surface area (Å²) in [5.74, 6) is -1.85. The number of carbonyl (C=O) groups excluding carboxylic acids is 1. The topological polar surface area (TPSA) is 52.3 Å². The van der Waals surface area contributed by atoms with Gasteiger partial charge in [-0.25, -0.2) is 13.6 Å². The molecule has 0 aromatic heterocycles. The van der Waals surface area contributed by atoms with Gasteiger partial charge in [0.1, 0.15) is 18.2 Å². The van der Waals surface area contributed by atoms with Gasteiger partial charge in [-0.2, -0.15) is 0 Å². The predicted molar refractivity (Wildman–Crippen MR) is 81.7 cm³/mol. The molecule has 7 heteroatoms. The smallest absolute Gasteiger partial charge is 0.339 e. The van der Waals surface area contributed by atoms with Crippen molar-refractivity contribution in [2.75, 3.05) is 5.73 Å². The van der Waals surface area contributed by atoms with Crippen LogP contribution in [0.5, 0.6) is 0 Å². The van der Waals surface area contributed by atoms with E-state index in [1.165, 1.54) is 24.3 Å². The van der Waals surface area contributed by atoms with Crippen LogP contribution in [0.3, 0.4) is 0 Å². The molecular weight excluding hydrogens is 412 g/mol. The Morgan fingerprint density at radius 2 is 1.86 bits per heavy atom. The minimum Gasteiger partial charge on any atom is -0.457 e. The zero-order valence-corrected chi connectivity index (χ0v) is 13.7. The van der Waals surface area contributed by atoms with Gasteiger partial charge in [0.25, 0.3) is 0 Å². The lowest BCUT2D eigenvalue weighted by molar-refractivity contribution is 0.0468. The largest absolute Gasteiger partial charge is 0.457 e. The summed E-state index contributed by atoms with van der Waals surface area (Å²) in [6.45, 7) is -0.242. The van der Waals surface area contributed by atoms with Gasteiger partial charge in [0.15, 0.2) is 0 Å². The maximum atomic E-state index is 13.5. The maximum Gasteiger partial charge on any atom is 0.339 e. The van der Waals surface area contributed by atoms with Crippen LogP contribution in [-0.2, 0) is 11.3 Å². The van der Waals surface area contributed by atoms with E-state index in [9.17, 15) is 13.6 Å². The van der Waals surface area contributed by atoms with Crippen molar-refractivity contribution in [2.24, 2.45) is 0 Å². The number of hydrogen-bond donors (Lipinski definition) is 1. The predicted octanol–water partition coefficient (Wildman–Crippen LogP) is 4.43. The van der Waals surface area contributed by atoms with Crippen molar-refractivity contribution in [2.45, 2.75) is 6.61 Å². The van der Waals surface area contributed by atoms with E-state index in [1.54, 1.807) is 0 Å². The fourth-order valence-electron chi connectivity index (χ4n) is 1.60. The molecule has 2 aromatic rings. The van der Waals surface area contributed by atoms with Gasteiger partial charge in [0.05, 0.1) is 11.3 Å². The number of ether oxygens (including phenoxy) is 1. The van der Waals surface area contributed by atoms with E-state index < -0.39 is 17.6 Å². The molecule has 0 heterocycles. The van der Waals surface area contributed by atoms with Crippen LogP contribution in [0.15, 0.2) is 39.3 Å². The molecule has 0 spiro atoms. The molecule has 0 aliphatic carbocycles. The lowest BCUT2D eigenvalue weighted by Gasteiger charge is -2.09. The Balaban J connectivity index is 2.15. The van der Waals surface area contributed by atoms with Gasteiger partial charge in [0.2, 0.25) is 0 Å². The average Bonchev–Trinajstić information content (AvgIpc) is 2.43.